The Morgan fingerprint density at radius 3 is 2.73 bits per heavy atom. The first-order chi connectivity index (χ1) is 12.7. The Balaban J connectivity index is 1.44. The number of nitrogens with one attached hydrogen (secondary N) is 3. The predicted octanol–water partition coefficient (Wildman–Crippen LogP) is 1.03. The molecule has 1 unspecified atom stereocenters. The van der Waals surface area contributed by atoms with Gasteiger partial charge in [-0.3, -0.25) is 9.59 Å². The SMILES string of the molecule is O=C(NC1CCCCC1)c1ccc2c(c1)NC(=O)C([NH+]1CCOCC1)S2. The second-order valence-corrected chi connectivity index (χ2v) is 8.42. The maximum atomic E-state index is 12.6. The zero-order chi connectivity index (χ0) is 17.9. The number of carbonyl (C=O) groups is 2. The van der Waals surface area contributed by atoms with Crippen molar-refractivity contribution < 1.29 is 19.2 Å². The first-order valence-electron chi connectivity index (χ1n) is 9.55. The zero-order valence-electron chi connectivity index (χ0n) is 14.9. The molecule has 1 aliphatic carbocycles. The van der Waals surface area contributed by atoms with Gasteiger partial charge in [-0.2, -0.15) is 0 Å². The first-order valence-corrected chi connectivity index (χ1v) is 10.4. The molecule has 7 heteroatoms. The number of hydrogen-bond acceptors (Lipinski definition) is 4. The van der Waals surface area contributed by atoms with Crippen molar-refractivity contribution in [3.63, 3.8) is 0 Å². The number of ether oxygens (including phenoxy) is 1. The zero-order valence-corrected chi connectivity index (χ0v) is 15.7. The van der Waals surface area contributed by atoms with Gasteiger partial charge in [-0.1, -0.05) is 31.0 Å². The second-order valence-electron chi connectivity index (χ2n) is 7.28. The standard InChI is InChI=1S/C19H25N3O3S/c23-17(20-14-4-2-1-3-5-14)13-6-7-16-15(12-13)21-18(24)19(26-16)22-8-10-25-11-9-22/h6-7,12,14,19H,1-5,8-11H2,(H,20,23)(H,21,24)/p+1. The Morgan fingerprint density at radius 1 is 1.19 bits per heavy atom. The highest BCUT2D eigenvalue weighted by atomic mass is 32.2. The first kappa shape index (κ1) is 17.8. The van der Waals surface area contributed by atoms with Gasteiger partial charge in [0.05, 0.1) is 18.9 Å². The molecule has 26 heavy (non-hydrogen) atoms. The van der Waals surface area contributed by atoms with Crippen LogP contribution in [-0.4, -0.2) is 49.5 Å². The minimum atomic E-state index is -0.145. The number of fused-ring (bicyclic) bond motifs is 1. The molecule has 2 fully saturated rings. The number of carbonyl (C=O) groups excluding carboxylic acids is 2. The Labute approximate surface area is 158 Å². The topological polar surface area (TPSA) is 71.9 Å². The van der Waals surface area contributed by atoms with Gasteiger partial charge in [0.15, 0.2) is 0 Å². The van der Waals surface area contributed by atoms with E-state index in [9.17, 15) is 9.59 Å². The maximum Gasteiger partial charge on any atom is 0.294 e. The van der Waals surface area contributed by atoms with Crippen molar-refractivity contribution in [2.24, 2.45) is 0 Å². The molecule has 0 bridgehead atoms. The van der Waals surface area contributed by atoms with Crippen LogP contribution >= 0.6 is 11.8 Å². The van der Waals surface area contributed by atoms with Gasteiger partial charge in [-0.05, 0) is 31.0 Å². The highest BCUT2D eigenvalue weighted by molar-refractivity contribution is 8.00. The molecule has 1 saturated heterocycles. The molecule has 1 aromatic carbocycles. The fourth-order valence-corrected chi connectivity index (χ4v) is 5.14. The van der Waals surface area contributed by atoms with E-state index in [-0.39, 0.29) is 23.2 Å². The van der Waals surface area contributed by atoms with E-state index >= 15 is 0 Å². The van der Waals surface area contributed by atoms with Crippen LogP contribution in [0.2, 0.25) is 0 Å². The van der Waals surface area contributed by atoms with Crippen molar-refractivity contribution in [3.05, 3.63) is 23.8 Å². The lowest BCUT2D eigenvalue weighted by Crippen LogP contribution is -3.18. The van der Waals surface area contributed by atoms with Gasteiger partial charge in [-0.15, -0.1) is 0 Å². The molecule has 0 spiro atoms. The summed E-state index contributed by atoms with van der Waals surface area (Å²) in [5, 5.41) is 6.00. The van der Waals surface area contributed by atoms with Crippen LogP contribution in [0.1, 0.15) is 42.5 Å². The molecule has 0 radical (unpaired) electrons. The molecule has 1 saturated carbocycles. The number of amides is 2. The van der Waals surface area contributed by atoms with E-state index in [1.54, 1.807) is 11.8 Å². The van der Waals surface area contributed by atoms with Crippen molar-refractivity contribution in [2.75, 3.05) is 31.6 Å². The van der Waals surface area contributed by atoms with Crippen LogP contribution in [0, 0.1) is 0 Å². The van der Waals surface area contributed by atoms with E-state index < -0.39 is 0 Å². The van der Waals surface area contributed by atoms with Gasteiger partial charge < -0.3 is 20.3 Å². The van der Waals surface area contributed by atoms with Gasteiger partial charge in [0.25, 0.3) is 11.8 Å². The largest absolute Gasteiger partial charge is 0.370 e. The smallest absolute Gasteiger partial charge is 0.294 e. The molecule has 2 aliphatic heterocycles. The van der Waals surface area contributed by atoms with Crippen LogP contribution in [0.25, 0.3) is 0 Å². The summed E-state index contributed by atoms with van der Waals surface area (Å²) in [6, 6.07) is 5.92. The van der Waals surface area contributed by atoms with E-state index in [2.05, 4.69) is 10.6 Å². The molecule has 2 heterocycles. The van der Waals surface area contributed by atoms with Gasteiger partial charge in [0.1, 0.15) is 13.1 Å². The quantitative estimate of drug-likeness (QED) is 0.737. The number of hydrogen-bond donors (Lipinski definition) is 3. The van der Waals surface area contributed by atoms with Crippen LogP contribution in [0.3, 0.4) is 0 Å². The normalized spacial score (nSPS) is 24.6. The summed E-state index contributed by atoms with van der Waals surface area (Å²) in [6.45, 7) is 3.10. The van der Waals surface area contributed by atoms with Crippen LogP contribution in [0.15, 0.2) is 23.1 Å². The summed E-state index contributed by atoms with van der Waals surface area (Å²) in [5.74, 6) is -0.0240. The van der Waals surface area contributed by atoms with Gasteiger partial charge in [0.2, 0.25) is 5.37 Å². The lowest BCUT2D eigenvalue weighted by molar-refractivity contribution is -0.909. The fourth-order valence-electron chi connectivity index (χ4n) is 3.93. The molecule has 1 aromatic rings. The average molecular weight is 377 g/mol. The summed E-state index contributed by atoms with van der Waals surface area (Å²) >= 11 is 1.59. The molecule has 3 aliphatic rings. The van der Waals surface area contributed by atoms with Crippen molar-refractivity contribution in [3.8, 4) is 0 Å². The van der Waals surface area contributed by atoms with E-state index in [0.717, 1.165) is 36.5 Å². The van der Waals surface area contributed by atoms with E-state index in [0.29, 0.717) is 18.8 Å². The Bertz CT molecular complexity index is 685. The Hall–Kier alpha value is -1.57. The number of benzene rings is 1. The molecular formula is C19H26N3O3S+. The maximum absolute atomic E-state index is 12.6. The highest BCUT2D eigenvalue weighted by Crippen LogP contribution is 2.34. The summed E-state index contributed by atoms with van der Waals surface area (Å²) < 4.78 is 5.39. The van der Waals surface area contributed by atoms with Crippen LogP contribution < -0.4 is 15.5 Å². The number of thioether (sulfide) groups is 1. The number of morpholine rings is 1. The third-order valence-corrected chi connectivity index (χ3v) is 6.82. The Morgan fingerprint density at radius 2 is 1.96 bits per heavy atom. The van der Waals surface area contributed by atoms with Crippen molar-refractivity contribution >= 4 is 29.3 Å². The number of quaternary nitrogens is 1. The van der Waals surface area contributed by atoms with E-state index in [1.165, 1.54) is 24.2 Å². The van der Waals surface area contributed by atoms with Crippen LogP contribution in [-0.2, 0) is 9.53 Å². The minimum absolute atomic E-state index is 0.0178. The molecule has 140 valence electrons. The summed E-state index contributed by atoms with van der Waals surface area (Å²) in [6.07, 6.45) is 5.77. The summed E-state index contributed by atoms with van der Waals surface area (Å²) in [5.41, 5.74) is 1.37. The summed E-state index contributed by atoms with van der Waals surface area (Å²) in [4.78, 5) is 27.4. The number of anilines is 1. The van der Waals surface area contributed by atoms with Crippen LogP contribution in [0.4, 0.5) is 5.69 Å². The van der Waals surface area contributed by atoms with Gasteiger partial charge >= 0.3 is 0 Å². The lowest BCUT2D eigenvalue weighted by Gasteiger charge is -2.33. The van der Waals surface area contributed by atoms with Crippen molar-refractivity contribution in [1.82, 2.24) is 5.32 Å². The molecular weight excluding hydrogens is 350 g/mol. The fraction of sp³-hybridized carbons (Fsp3) is 0.579. The van der Waals surface area contributed by atoms with Crippen LogP contribution in [0.5, 0.6) is 0 Å². The minimum Gasteiger partial charge on any atom is -0.370 e. The second kappa shape index (κ2) is 7.98. The van der Waals surface area contributed by atoms with Crippen molar-refractivity contribution in [2.45, 2.75) is 48.4 Å². The Kier molecular flexibility index (Phi) is 5.47. The third kappa shape index (κ3) is 3.89. The monoisotopic (exact) mass is 376 g/mol. The molecule has 2 amide bonds. The third-order valence-electron chi connectivity index (χ3n) is 5.43. The molecule has 3 N–H and O–H groups in total. The van der Waals surface area contributed by atoms with E-state index in [4.69, 9.17) is 4.74 Å². The van der Waals surface area contributed by atoms with Crippen molar-refractivity contribution in [1.29, 1.82) is 0 Å². The van der Waals surface area contributed by atoms with Gasteiger partial charge in [-0.25, -0.2) is 0 Å². The highest BCUT2D eigenvalue weighted by Gasteiger charge is 2.36. The molecule has 1 atom stereocenters. The lowest BCUT2D eigenvalue weighted by atomic mass is 9.95. The average Bonchev–Trinajstić information content (AvgIpc) is 2.68. The molecule has 4 rings (SSSR count). The molecule has 0 aromatic heterocycles. The predicted molar refractivity (Wildman–Crippen MR) is 101 cm³/mol. The van der Waals surface area contributed by atoms with E-state index in [1.807, 2.05) is 18.2 Å². The number of rotatable bonds is 3. The molecule has 6 nitrogen and oxygen atoms in total. The van der Waals surface area contributed by atoms with Gasteiger partial charge in [0, 0.05) is 16.5 Å². The summed E-state index contributed by atoms with van der Waals surface area (Å²) in [7, 11) is 0.